The Morgan fingerprint density at radius 1 is 1.40 bits per heavy atom. The molecule has 15 heavy (non-hydrogen) atoms. The monoisotopic (exact) mass is 211 g/mol. The maximum Gasteiger partial charge on any atom is 0.328 e. The first-order valence-corrected chi connectivity index (χ1v) is 5.36. The maximum absolute atomic E-state index is 11.7. The van der Waals surface area contributed by atoms with Crippen LogP contribution in [-0.2, 0) is 9.53 Å². The van der Waals surface area contributed by atoms with E-state index in [1.54, 1.807) is 0 Å². The minimum absolute atomic E-state index is 0.230. The lowest BCUT2D eigenvalue weighted by Crippen LogP contribution is -2.42. The van der Waals surface area contributed by atoms with Crippen LogP contribution in [0.1, 0.15) is 27.2 Å². The van der Waals surface area contributed by atoms with Crippen molar-refractivity contribution < 1.29 is 9.53 Å². The number of esters is 1. The van der Waals surface area contributed by atoms with E-state index in [1.165, 1.54) is 7.11 Å². The van der Waals surface area contributed by atoms with Crippen molar-refractivity contribution in [2.75, 3.05) is 20.2 Å². The van der Waals surface area contributed by atoms with Gasteiger partial charge in [-0.15, -0.1) is 5.73 Å². The van der Waals surface area contributed by atoms with Crippen LogP contribution in [0, 0.1) is 0 Å². The molecule has 0 aromatic rings. The molecule has 0 aromatic carbocycles. The molecule has 0 saturated heterocycles. The molecule has 0 rings (SSSR count). The van der Waals surface area contributed by atoms with Crippen LogP contribution in [0.15, 0.2) is 17.9 Å². The Morgan fingerprint density at radius 3 is 2.20 bits per heavy atom. The van der Waals surface area contributed by atoms with Crippen LogP contribution in [0.3, 0.4) is 0 Å². The number of hydrogen-bond donors (Lipinski definition) is 0. The topological polar surface area (TPSA) is 29.5 Å². The minimum Gasteiger partial charge on any atom is -0.468 e. The van der Waals surface area contributed by atoms with E-state index in [-0.39, 0.29) is 12.0 Å². The predicted octanol–water partition coefficient (Wildman–Crippen LogP) is 1.99. The fraction of sp³-hybridized carbons (Fsp3) is 0.667. The van der Waals surface area contributed by atoms with Crippen molar-refractivity contribution in [3.05, 3.63) is 17.9 Å². The Bertz CT molecular complexity index is 250. The van der Waals surface area contributed by atoms with Crippen molar-refractivity contribution >= 4 is 5.97 Å². The van der Waals surface area contributed by atoms with Crippen LogP contribution in [0.25, 0.3) is 0 Å². The Morgan fingerprint density at radius 2 is 1.93 bits per heavy atom. The number of nitrogens with zero attached hydrogens (tertiary/aromatic N) is 1. The summed E-state index contributed by atoms with van der Waals surface area (Å²) in [5.41, 5.74) is 3.73. The van der Waals surface area contributed by atoms with Gasteiger partial charge in [-0.1, -0.05) is 27.4 Å². The first-order chi connectivity index (χ1) is 7.15. The van der Waals surface area contributed by atoms with Gasteiger partial charge in [0.1, 0.15) is 6.04 Å². The molecule has 0 aliphatic rings. The molecule has 0 heterocycles. The molecule has 0 saturated carbocycles. The summed E-state index contributed by atoms with van der Waals surface area (Å²) in [5.74, 6) is -0.230. The summed E-state index contributed by atoms with van der Waals surface area (Å²) in [6.07, 6.45) is 0.764. The van der Waals surface area contributed by atoms with Crippen molar-refractivity contribution in [2.24, 2.45) is 0 Å². The molecule has 0 aliphatic carbocycles. The van der Waals surface area contributed by atoms with Gasteiger partial charge in [0.25, 0.3) is 0 Å². The van der Waals surface area contributed by atoms with E-state index in [4.69, 9.17) is 4.74 Å². The second-order valence-electron chi connectivity index (χ2n) is 3.20. The molecular formula is C12H21NO2. The molecule has 0 radical (unpaired) electrons. The highest BCUT2D eigenvalue weighted by Gasteiger charge is 2.27. The molecule has 0 bridgehead atoms. The zero-order valence-corrected chi connectivity index (χ0v) is 10.2. The van der Waals surface area contributed by atoms with Crippen molar-refractivity contribution in [2.45, 2.75) is 33.2 Å². The quantitative estimate of drug-likeness (QED) is 0.497. The van der Waals surface area contributed by atoms with Gasteiger partial charge in [-0.2, -0.15) is 0 Å². The minimum atomic E-state index is -0.326. The van der Waals surface area contributed by atoms with E-state index in [2.05, 4.69) is 12.3 Å². The fourth-order valence-electron chi connectivity index (χ4n) is 1.63. The second kappa shape index (κ2) is 7.27. The van der Waals surface area contributed by atoms with Crippen molar-refractivity contribution in [1.29, 1.82) is 0 Å². The number of carbonyl (C=O) groups is 1. The molecule has 0 aromatic heterocycles. The Balaban J connectivity index is 5.02. The van der Waals surface area contributed by atoms with E-state index < -0.39 is 0 Å². The zero-order valence-electron chi connectivity index (χ0n) is 10.2. The number of likely N-dealkylation sites (N-methyl/N-ethyl adjacent to an activating group) is 1. The molecule has 0 amide bonds. The molecule has 0 N–H and O–H groups in total. The molecule has 3 heteroatoms. The van der Waals surface area contributed by atoms with Crippen LogP contribution in [0.2, 0.25) is 0 Å². The van der Waals surface area contributed by atoms with Gasteiger partial charge in [0.15, 0.2) is 0 Å². The van der Waals surface area contributed by atoms with Crippen molar-refractivity contribution in [1.82, 2.24) is 4.90 Å². The summed E-state index contributed by atoms with van der Waals surface area (Å²) in [6.45, 7) is 11.3. The van der Waals surface area contributed by atoms with E-state index >= 15 is 0 Å². The zero-order chi connectivity index (χ0) is 11.8. The van der Waals surface area contributed by atoms with Gasteiger partial charge < -0.3 is 4.74 Å². The molecule has 1 unspecified atom stereocenters. The first kappa shape index (κ1) is 13.9. The average molecular weight is 211 g/mol. The lowest BCUT2D eigenvalue weighted by molar-refractivity contribution is -0.145. The van der Waals surface area contributed by atoms with Gasteiger partial charge in [-0.3, -0.25) is 4.90 Å². The van der Waals surface area contributed by atoms with E-state index in [9.17, 15) is 4.79 Å². The van der Waals surface area contributed by atoms with Crippen LogP contribution in [0.5, 0.6) is 0 Å². The summed E-state index contributed by atoms with van der Waals surface area (Å²) in [7, 11) is 1.41. The molecule has 3 nitrogen and oxygen atoms in total. The molecule has 1 atom stereocenters. The predicted molar refractivity (Wildman–Crippen MR) is 61.7 cm³/mol. The molecular weight excluding hydrogens is 190 g/mol. The SMILES string of the molecule is C=C=C(CC)C(C(=O)OC)N(CC)CC. The standard InChI is InChI=1S/C12H21NO2/c1-6-10(7-2)11(12(14)15-5)13(8-3)9-4/h11H,1,7-9H2,2-5H3. The number of hydrogen-bond acceptors (Lipinski definition) is 3. The molecule has 0 spiro atoms. The van der Waals surface area contributed by atoms with Gasteiger partial charge >= 0.3 is 5.97 Å². The number of ether oxygens (including phenoxy) is 1. The average Bonchev–Trinajstić information content (AvgIpc) is 2.28. The Hall–Kier alpha value is -1.05. The van der Waals surface area contributed by atoms with Gasteiger partial charge in [0.2, 0.25) is 0 Å². The lowest BCUT2D eigenvalue weighted by atomic mass is 10.0. The van der Waals surface area contributed by atoms with Gasteiger partial charge in [-0.25, -0.2) is 4.79 Å². The van der Waals surface area contributed by atoms with Crippen LogP contribution >= 0.6 is 0 Å². The summed E-state index contributed by atoms with van der Waals surface area (Å²) >= 11 is 0. The van der Waals surface area contributed by atoms with E-state index in [0.29, 0.717) is 0 Å². The smallest absolute Gasteiger partial charge is 0.328 e. The maximum atomic E-state index is 11.7. The van der Waals surface area contributed by atoms with Crippen molar-refractivity contribution in [3.8, 4) is 0 Å². The first-order valence-electron chi connectivity index (χ1n) is 5.36. The highest BCUT2D eigenvalue weighted by atomic mass is 16.5. The molecule has 0 aliphatic heterocycles. The Labute approximate surface area is 92.4 Å². The number of methoxy groups -OCH3 is 1. The number of rotatable bonds is 6. The fourth-order valence-corrected chi connectivity index (χ4v) is 1.63. The van der Waals surface area contributed by atoms with Crippen molar-refractivity contribution in [3.63, 3.8) is 0 Å². The van der Waals surface area contributed by atoms with Gasteiger partial charge in [-0.05, 0) is 25.1 Å². The second-order valence-corrected chi connectivity index (χ2v) is 3.20. The van der Waals surface area contributed by atoms with Crippen LogP contribution in [0.4, 0.5) is 0 Å². The third-order valence-electron chi connectivity index (χ3n) is 2.54. The van der Waals surface area contributed by atoms with Crippen LogP contribution < -0.4 is 0 Å². The number of carbonyl (C=O) groups excluding carboxylic acids is 1. The summed E-state index contributed by atoms with van der Waals surface area (Å²) < 4.78 is 4.81. The lowest BCUT2D eigenvalue weighted by Gasteiger charge is -2.28. The summed E-state index contributed by atoms with van der Waals surface area (Å²) in [4.78, 5) is 13.7. The highest BCUT2D eigenvalue weighted by Crippen LogP contribution is 2.14. The highest BCUT2D eigenvalue weighted by molar-refractivity contribution is 5.79. The summed E-state index contributed by atoms with van der Waals surface area (Å²) in [6, 6.07) is -0.326. The third-order valence-corrected chi connectivity index (χ3v) is 2.54. The third kappa shape index (κ3) is 3.54. The largest absolute Gasteiger partial charge is 0.468 e. The molecule has 86 valence electrons. The van der Waals surface area contributed by atoms with Gasteiger partial charge in [0.05, 0.1) is 7.11 Å². The normalized spacial score (nSPS) is 12.1. The van der Waals surface area contributed by atoms with Crippen LogP contribution in [-0.4, -0.2) is 37.1 Å². The summed E-state index contributed by atoms with van der Waals surface area (Å²) in [5, 5.41) is 0. The molecule has 0 fully saturated rings. The van der Waals surface area contributed by atoms with E-state index in [1.807, 2.05) is 25.7 Å². The Kier molecular flexibility index (Phi) is 6.76. The van der Waals surface area contributed by atoms with E-state index in [0.717, 1.165) is 25.1 Å². The van der Waals surface area contributed by atoms with Gasteiger partial charge in [0, 0.05) is 0 Å².